The summed E-state index contributed by atoms with van der Waals surface area (Å²) in [6, 6.07) is 12.9. The van der Waals surface area contributed by atoms with Crippen LogP contribution in [-0.4, -0.2) is 49.0 Å². The van der Waals surface area contributed by atoms with Gasteiger partial charge in [-0.3, -0.25) is 14.9 Å². The molecule has 4 N–H and O–H groups in total. The molecule has 0 bridgehead atoms. The van der Waals surface area contributed by atoms with Gasteiger partial charge in [-0.25, -0.2) is 13.4 Å². The number of nitrogens with zero attached hydrogens (tertiary/aromatic N) is 3. The smallest absolute Gasteiger partial charge is 0.293 e. The highest BCUT2D eigenvalue weighted by molar-refractivity contribution is 7.91. The summed E-state index contributed by atoms with van der Waals surface area (Å²) in [6.45, 7) is 0.925. The van der Waals surface area contributed by atoms with Crippen molar-refractivity contribution in [2.24, 2.45) is 11.1 Å². The molecule has 0 atom stereocenters. The number of pyridine rings is 1. The van der Waals surface area contributed by atoms with Crippen LogP contribution in [0.5, 0.6) is 11.5 Å². The molecule has 2 aromatic carbocycles. The summed E-state index contributed by atoms with van der Waals surface area (Å²) in [5.41, 5.74) is 4.70. The van der Waals surface area contributed by atoms with E-state index in [1.807, 2.05) is 0 Å². The average molecular weight is 577 g/mol. The maximum atomic E-state index is 13.8. The van der Waals surface area contributed by atoms with E-state index in [0.29, 0.717) is 37.1 Å². The predicted molar refractivity (Wildman–Crippen MR) is 146 cm³/mol. The number of nitrogens with two attached hydrogens (primary N) is 1. The number of aromatic amines is 1. The number of para-hydroxylation sites is 1. The standard InChI is InChI=1S/C27H24N6O7S/c28-15-27(7-10-39-11-8-27)16-32-21-5-4-19(13-22(21)33(35)36)41(37,38)23-3-1-2-20(25(29)34)24(23)40-18-12-17-6-9-30-26(17)31-14-18/h1-6,9,12-14,32H,7-8,10-11,16H2,(H2,29,34)(H,30,31). The Balaban J connectivity index is 1.53. The van der Waals surface area contributed by atoms with Crippen LogP contribution < -0.4 is 15.8 Å². The number of hydrogen-bond donors (Lipinski definition) is 3. The number of amides is 1. The van der Waals surface area contributed by atoms with Gasteiger partial charge in [-0.1, -0.05) is 6.07 Å². The number of nitro groups is 1. The SMILES string of the molecule is N#CC1(CNc2ccc(S(=O)(=O)c3cccc(C(N)=O)c3Oc3cnc4[nH]ccc4c3)cc2[N+](=O)[O-])CCOCC1. The number of sulfone groups is 1. The summed E-state index contributed by atoms with van der Waals surface area (Å²) in [4.78, 5) is 29.8. The fourth-order valence-corrected chi connectivity index (χ4v) is 6.00. The van der Waals surface area contributed by atoms with Gasteiger partial charge in [-0.15, -0.1) is 0 Å². The van der Waals surface area contributed by atoms with E-state index in [1.54, 1.807) is 18.3 Å². The van der Waals surface area contributed by atoms with Crippen molar-refractivity contribution in [1.82, 2.24) is 9.97 Å². The Labute approximate surface area is 234 Å². The molecule has 1 amide bonds. The number of anilines is 1. The number of hydrogen-bond acceptors (Lipinski definition) is 10. The van der Waals surface area contributed by atoms with Crippen LogP contribution in [0.3, 0.4) is 0 Å². The molecule has 0 radical (unpaired) electrons. The minimum atomic E-state index is -4.46. The van der Waals surface area contributed by atoms with E-state index >= 15 is 0 Å². The number of aromatic nitrogens is 2. The second-order valence-corrected chi connectivity index (χ2v) is 11.4. The molecule has 0 saturated carbocycles. The summed E-state index contributed by atoms with van der Waals surface area (Å²) < 4.78 is 38.9. The lowest BCUT2D eigenvalue weighted by Crippen LogP contribution is -2.34. The number of nitro benzene ring substituents is 1. The maximum Gasteiger partial charge on any atom is 0.293 e. The van der Waals surface area contributed by atoms with Gasteiger partial charge in [0.15, 0.2) is 5.75 Å². The molecule has 1 aliphatic heterocycles. The van der Waals surface area contributed by atoms with Crippen LogP contribution >= 0.6 is 0 Å². The van der Waals surface area contributed by atoms with Crippen LogP contribution in [0.25, 0.3) is 11.0 Å². The first-order chi connectivity index (χ1) is 19.6. The number of rotatable bonds is 9. The third kappa shape index (κ3) is 5.40. The van der Waals surface area contributed by atoms with Crippen molar-refractivity contribution in [3.8, 4) is 17.6 Å². The average Bonchev–Trinajstić information content (AvgIpc) is 3.44. The fourth-order valence-electron chi connectivity index (χ4n) is 4.58. The lowest BCUT2D eigenvalue weighted by molar-refractivity contribution is -0.384. The van der Waals surface area contributed by atoms with Crippen molar-refractivity contribution in [2.45, 2.75) is 22.6 Å². The van der Waals surface area contributed by atoms with Crippen LogP contribution in [0.2, 0.25) is 0 Å². The third-order valence-electron chi connectivity index (χ3n) is 6.91. The van der Waals surface area contributed by atoms with Gasteiger partial charge in [0.2, 0.25) is 9.84 Å². The Hall–Kier alpha value is -5.00. The molecule has 2 aromatic heterocycles. The quantitative estimate of drug-likeness (QED) is 0.193. The molecule has 0 aliphatic carbocycles. The molecule has 0 unspecified atom stereocenters. The molecule has 1 saturated heterocycles. The van der Waals surface area contributed by atoms with E-state index in [0.717, 1.165) is 6.07 Å². The molecule has 5 rings (SSSR count). The van der Waals surface area contributed by atoms with Gasteiger partial charge >= 0.3 is 0 Å². The molecule has 210 valence electrons. The minimum Gasteiger partial charge on any atom is -0.453 e. The predicted octanol–water partition coefficient (Wildman–Crippen LogP) is 3.93. The number of H-pyrrole nitrogens is 1. The van der Waals surface area contributed by atoms with Crippen LogP contribution in [-0.2, 0) is 14.6 Å². The summed E-state index contributed by atoms with van der Waals surface area (Å²) in [5, 5.41) is 25.3. The van der Waals surface area contributed by atoms with Crippen molar-refractivity contribution in [3.05, 3.63) is 76.6 Å². The molecule has 14 heteroatoms. The topological polar surface area (TPSA) is 203 Å². The van der Waals surface area contributed by atoms with Gasteiger partial charge in [0.25, 0.3) is 11.6 Å². The molecular weight excluding hydrogens is 552 g/mol. The molecule has 4 aromatic rings. The Morgan fingerprint density at radius 3 is 2.73 bits per heavy atom. The number of carbonyl (C=O) groups excluding carboxylic acids is 1. The first kappa shape index (κ1) is 27.6. The molecule has 0 spiro atoms. The van der Waals surface area contributed by atoms with Crippen molar-refractivity contribution in [1.29, 1.82) is 5.26 Å². The number of benzene rings is 2. The van der Waals surface area contributed by atoms with Crippen molar-refractivity contribution in [2.75, 3.05) is 25.1 Å². The number of ether oxygens (including phenoxy) is 2. The summed E-state index contributed by atoms with van der Waals surface area (Å²) >= 11 is 0. The molecule has 13 nitrogen and oxygen atoms in total. The highest BCUT2D eigenvalue weighted by Gasteiger charge is 2.34. The van der Waals surface area contributed by atoms with Crippen LogP contribution in [0.4, 0.5) is 11.4 Å². The highest BCUT2D eigenvalue weighted by atomic mass is 32.2. The van der Waals surface area contributed by atoms with Crippen LogP contribution in [0, 0.1) is 26.9 Å². The van der Waals surface area contributed by atoms with E-state index in [-0.39, 0.29) is 29.3 Å². The first-order valence-corrected chi connectivity index (χ1v) is 13.9. The van der Waals surface area contributed by atoms with Gasteiger partial charge in [0.1, 0.15) is 22.0 Å². The van der Waals surface area contributed by atoms with Crippen molar-refractivity contribution >= 4 is 38.2 Å². The second-order valence-electron chi connectivity index (χ2n) is 9.48. The molecule has 3 heterocycles. The first-order valence-electron chi connectivity index (χ1n) is 12.4. The summed E-state index contributed by atoms with van der Waals surface area (Å²) in [7, 11) is -4.46. The molecule has 41 heavy (non-hydrogen) atoms. The van der Waals surface area contributed by atoms with Gasteiger partial charge in [-0.05, 0) is 49.2 Å². The monoisotopic (exact) mass is 576 g/mol. The molecule has 1 fully saturated rings. The second kappa shape index (κ2) is 10.9. The lowest BCUT2D eigenvalue weighted by Gasteiger charge is -2.30. The van der Waals surface area contributed by atoms with E-state index in [2.05, 4.69) is 21.4 Å². The Kier molecular flexibility index (Phi) is 7.31. The number of primary amides is 1. The normalized spacial score (nSPS) is 14.7. The Morgan fingerprint density at radius 2 is 2.02 bits per heavy atom. The Bertz CT molecular complexity index is 1810. The maximum absolute atomic E-state index is 13.8. The zero-order valence-electron chi connectivity index (χ0n) is 21.5. The Morgan fingerprint density at radius 1 is 1.24 bits per heavy atom. The fraction of sp³-hybridized carbons (Fsp3) is 0.222. The number of fused-ring (bicyclic) bond motifs is 1. The number of nitrogens with one attached hydrogen (secondary N) is 2. The van der Waals surface area contributed by atoms with Gasteiger partial charge < -0.3 is 25.5 Å². The highest BCUT2D eigenvalue weighted by Crippen LogP contribution is 2.39. The number of nitriles is 1. The van der Waals surface area contributed by atoms with Gasteiger partial charge in [0.05, 0.1) is 33.1 Å². The largest absolute Gasteiger partial charge is 0.453 e. The summed E-state index contributed by atoms with van der Waals surface area (Å²) in [5.74, 6) is -1.12. The van der Waals surface area contributed by atoms with E-state index < -0.39 is 41.6 Å². The van der Waals surface area contributed by atoms with Crippen molar-refractivity contribution in [3.63, 3.8) is 0 Å². The van der Waals surface area contributed by atoms with Crippen LogP contribution in [0.15, 0.2) is 70.7 Å². The molecular formula is C27H24N6O7S. The van der Waals surface area contributed by atoms with E-state index in [9.17, 15) is 28.6 Å². The van der Waals surface area contributed by atoms with Gasteiger partial charge in [0, 0.05) is 37.4 Å². The zero-order chi connectivity index (χ0) is 29.2. The van der Waals surface area contributed by atoms with E-state index in [4.69, 9.17) is 15.2 Å². The van der Waals surface area contributed by atoms with Gasteiger partial charge in [-0.2, -0.15) is 5.26 Å². The minimum absolute atomic E-state index is 0.0586. The van der Waals surface area contributed by atoms with E-state index in [1.165, 1.54) is 36.5 Å². The number of carbonyl (C=O) groups is 1. The van der Waals surface area contributed by atoms with Crippen LogP contribution in [0.1, 0.15) is 23.2 Å². The molecule has 1 aliphatic rings. The van der Waals surface area contributed by atoms with Crippen molar-refractivity contribution < 1.29 is 27.6 Å². The third-order valence-corrected chi connectivity index (χ3v) is 8.68. The zero-order valence-corrected chi connectivity index (χ0v) is 22.3. The lowest BCUT2D eigenvalue weighted by atomic mass is 9.81. The summed E-state index contributed by atoms with van der Waals surface area (Å²) in [6.07, 6.45) is 3.94.